The van der Waals surface area contributed by atoms with Gasteiger partial charge in [0, 0.05) is 11.1 Å². The highest BCUT2D eigenvalue weighted by Gasteiger charge is 2.15. The van der Waals surface area contributed by atoms with Crippen molar-refractivity contribution in [1.29, 1.82) is 0 Å². The van der Waals surface area contributed by atoms with E-state index in [-0.39, 0.29) is 24.8 Å². The molecule has 5 nitrogen and oxygen atoms in total. The molecule has 0 fully saturated rings. The molecule has 0 radical (unpaired) electrons. The lowest BCUT2D eigenvalue weighted by atomic mass is 10.1. The third kappa shape index (κ3) is 3.69. The lowest BCUT2D eigenvalue weighted by molar-refractivity contribution is 0.0949. The van der Waals surface area contributed by atoms with Crippen LogP contribution in [-0.2, 0) is 13.1 Å². The summed E-state index contributed by atoms with van der Waals surface area (Å²) in [5.41, 5.74) is 2.91. The zero-order valence-electron chi connectivity index (χ0n) is 15.2. The van der Waals surface area contributed by atoms with E-state index >= 15 is 0 Å². The Morgan fingerprint density at radius 2 is 1.39 bits per heavy atom. The summed E-state index contributed by atoms with van der Waals surface area (Å²) in [6, 6.07) is 25.9. The highest BCUT2D eigenvalue weighted by atomic mass is 16.1. The summed E-state index contributed by atoms with van der Waals surface area (Å²) in [6.07, 6.45) is 0. The van der Waals surface area contributed by atoms with Crippen molar-refractivity contribution >= 4 is 22.7 Å². The average Bonchev–Trinajstić information content (AvgIpc) is 3.10. The van der Waals surface area contributed by atoms with Crippen molar-refractivity contribution in [2.45, 2.75) is 13.1 Å². The molecule has 0 aliphatic carbocycles. The van der Waals surface area contributed by atoms with Crippen LogP contribution in [-0.4, -0.2) is 21.2 Å². The van der Waals surface area contributed by atoms with Gasteiger partial charge in [-0.25, -0.2) is 4.98 Å². The number of nitrogens with one attached hydrogen (secondary N) is 1. The Labute approximate surface area is 162 Å². The highest BCUT2D eigenvalue weighted by molar-refractivity contribution is 5.97. The molecule has 0 saturated heterocycles. The number of ketones is 1. The molecule has 1 amide bonds. The summed E-state index contributed by atoms with van der Waals surface area (Å²) >= 11 is 0. The minimum atomic E-state index is -0.173. The lowest BCUT2D eigenvalue weighted by Gasteiger charge is -2.10. The average molecular weight is 369 g/mol. The number of benzene rings is 3. The van der Waals surface area contributed by atoms with Crippen molar-refractivity contribution in [3.05, 3.63) is 102 Å². The van der Waals surface area contributed by atoms with Gasteiger partial charge >= 0.3 is 0 Å². The maximum absolute atomic E-state index is 12.7. The van der Waals surface area contributed by atoms with Crippen LogP contribution in [0.25, 0.3) is 11.0 Å². The fraction of sp³-hybridized carbons (Fsp3) is 0.0870. The van der Waals surface area contributed by atoms with E-state index in [4.69, 9.17) is 0 Å². The Kier molecular flexibility index (Phi) is 4.97. The van der Waals surface area contributed by atoms with Crippen molar-refractivity contribution in [3.63, 3.8) is 0 Å². The Balaban J connectivity index is 1.60. The summed E-state index contributed by atoms with van der Waals surface area (Å²) in [5, 5.41) is 2.90. The van der Waals surface area contributed by atoms with Crippen LogP contribution in [0, 0.1) is 0 Å². The van der Waals surface area contributed by atoms with Gasteiger partial charge in [-0.05, 0) is 24.3 Å². The minimum absolute atomic E-state index is 0.000566. The predicted octanol–water partition coefficient (Wildman–Crippen LogP) is 3.85. The second-order valence-electron chi connectivity index (χ2n) is 6.44. The summed E-state index contributed by atoms with van der Waals surface area (Å²) in [5.74, 6) is 0.475. The van der Waals surface area contributed by atoms with Gasteiger partial charge in [0.25, 0.3) is 5.91 Å². The van der Waals surface area contributed by atoms with Gasteiger partial charge in [0.2, 0.25) is 0 Å². The molecule has 4 rings (SSSR count). The molecule has 5 heteroatoms. The first-order chi connectivity index (χ1) is 13.7. The highest BCUT2D eigenvalue weighted by Crippen LogP contribution is 2.17. The van der Waals surface area contributed by atoms with Gasteiger partial charge in [-0.1, -0.05) is 60.7 Å². The third-order valence-electron chi connectivity index (χ3n) is 4.57. The van der Waals surface area contributed by atoms with Gasteiger partial charge in [0.15, 0.2) is 5.78 Å². The molecule has 0 aliphatic rings. The second kappa shape index (κ2) is 7.88. The number of Topliss-reactive ketones (excluding diaryl/α,β-unsaturated/α-hetero) is 1. The quantitative estimate of drug-likeness (QED) is 0.525. The number of imidazole rings is 1. The fourth-order valence-electron chi connectivity index (χ4n) is 3.15. The van der Waals surface area contributed by atoms with E-state index in [0.29, 0.717) is 17.0 Å². The first kappa shape index (κ1) is 17.7. The second-order valence-corrected chi connectivity index (χ2v) is 6.44. The van der Waals surface area contributed by atoms with E-state index in [2.05, 4.69) is 10.3 Å². The van der Waals surface area contributed by atoms with E-state index in [1.54, 1.807) is 24.3 Å². The maximum atomic E-state index is 12.7. The van der Waals surface area contributed by atoms with E-state index < -0.39 is 0 Å². The van der Waals surface area contributed by atoms with Gasteiger partial charge in [-0.2, -0.15) is 0 Å². The molecular formula is C23H19N3O2. The molecule has 0 atom stereocenters. The van der Waals surface area contributed by atoms with Crippen molar-refractivity contribution in [1.82, 2.24) is 14.9 Å². The van der Waals surface area contributed by atoms with Crippen molar-refractivity contribution in [2.24, 2.45) is 0 Å². The zero-order chi connectivity index (χ0) is 19.3. The van der Waals surface area contributed by atoms with Crippen LogP contribution in [0.1, 0.15) is 26.5 Å². The van der Waals surface area contributed by atoms with Gasteiger partial charge in [-0.3, -0.25) is 9.59 Å². The SMILES string of the molecule is O=C(Cn1c(CNC(=O)c2ccccc2)nc2ccccc21)c1ccccc1. The molecule has 1 heterocycles. The number of aromatic nitrogens is 2. The summed E-state index contributed by atoms with van der Waals surface area (Å²) in [7, 11) is 0. The monoisotopic (exact) mass is 369 g/mol. The molecule has 0 unspecified atom stereocenters. The molecular weight excluding hydrogens is 350 g/mol. The van der Waals surface area contributed by atoms with Crippen molar-refractivity contribution in [2.75, 3.05) is 0 Å². The van der Waals surface area contributed by atoms with Gasteiger partial charge in [0.1, 0.15) is 5.82 Å². The van der Waals surface area contributed by atoms with Gasteiger partial charge in [0.05, 0.1) is 24.1 Å². The van der Waals surface area contributed by atoms with Crippen LogP contribution in [0.3, 0.4) is 0 Å². The van der Waals surface area contributed by atoms with Crippen LogP contribution in [0.5, 0.6) is 0 Å². The lowest BCUT2D eigenvalue weighted by Crippen LogP contribution is -2.25. The minimum Gasteiger partial charge on any atom is -0.345 e. The van der Waals surface area contributed by atoms with Crippen LogP contribution in [0.4, 0.5) is 0 Å². The van der Waals surface area contributed by atoms with Crippen molar-refractivity contribution in [3.8, 4) is 0 Å². The standard InChI is InChI=1S/C23H19N3O2/c27-21(17-9-3-1-4-10-17)16-26-20-14-8-7-13-19(20)25-22(26)15-24-23(28)18-11-5-2-6-12-18/h1-14H,15-16H2,(H,24,28). The Hall–Kier alpha value is -3.73. The fourth-order valence-corrected chi connectivity index (χ4v) is 3.15. The van der Waals surface area contributed by atoms with Crippen LogP contribution >= 0.6 is 0 Å². The molecule has 0 bridgehead atoms. The number of carbonyl (C=O) groups is 2. The van der Waals surface area contributed by atoms with Crippen LogP contribution < -0.4 is 5.32 Å². The molecule has 0 saturated carbocycles. The normalized spacial score (nSPS) is 10.7. The number of carbonyl (C=O) groups excluding carboxylic acids is 2. The Morgan fingerprint density at radius 3 is 2.11 bits per heavy atom. The summed E-state index contributed by atoms with van der Waals surface area (Å²) in [6.45, 7) is 0.408. The van der Waals surface area contributed by atoms with Crippen LogP contribution in [0.2, 0.25) is 0 Å². The number of amides is 1. The molecule has 0 aliphatic heterocycles. The Bertz CT molecular complexity index is 1120. The number of hydrogen-bond acceptors (Lipinski definition) is 3. The van der Waals surface area contributed by atoms with E-state index in [0.717, 1.165) is 11.0 Å². The molecule has 138 valence electrons. The predicted molar refractivity (Wildman–Crippen MR) is 108 cm³/mol. The third-order valence-corrected chi connectivity index (χ3v) is 4.57. The first-order valence-corrected chi connectivity index (χ1v) is 9.08. The molecule has 1 N–H and O–H groups in total. The number of rotatable bonds is 6. The van der Waals surface area contributed by atoms with E-state index in [1.807, 2.05) is 65.2 Å². The molecule has 0 spiro atoms. The zero-order valence-corrected chi connectivity index (χ0v) is 15.2. The number of para-hydroxylation sites is 2. The molecule has 3 aromatic carbocycles. The molecule has 1 aromatic heterocycles. The number of nitrogens with zero attached hydrogens (tertiary/aromatic N) is 2. The van der Waals surface area contributed by atoms with Crippen molar-refractivity contribution < 1.29 is 9.59 Å². The topological polar surface area (TPSA) is 64.0 Å². The summed E-state index contributed by atoms with van der Waals surface area (Å²) < 4.78 is 1.87. The smallest absolute Gasteiger partial charge is 0.251 e. The molecule has 4 aromatic rings. The summed E-state index contributed by atoms with van der Waals surface area (Å²) in [4.78, 5) is 29.7. The van der Waals surface area contributed by atoms with Crippen LogP contribution in [0.15, 0.2) is 84.9 Å². The van der Waals surface area contributed by atoms with E-state index in [1.165, 1.54) is 0 Å². The first-order valence-electron chi connectivity index (χ1n) is 9.08. The largest absolute Gasteiger partial charge is 0.345 e. The van der Waals surface area contributed by atoms with Gasteiger partial charge in [-0.15, -0.1) is 0 Å². The van der Waals surface area contributed by atoms with Gasteiger partial charge < -0.3 is 9.88 Å². The number of hydrogen-bond donors (Lipinski definition) is 1. The maximum Gasteiger partial charge on any atom is 0.251 e. The van der Waals surface area contributed by atoms with E-state index in [9.17, 15) is 9.59 Å². The number of fused-ring (bicyclic) bond motifs is 1. The Morgan fingerprint density at radius 1 is 0.786 bits per heavy atom. The molecule has 28 heavy (non-hydrogen) atoms.